The maximum atomic E-state index is 12.6. The van der Waals surface area contributed by atoms with E-state index in [2.05, 4.69) is 0 Å². The summed E-state index contributed by atoms with van der Waals surface area (Å²) in [5.41, 5.74) is -0.671. The number of likely N-dealkylation sites (tertiary alicyclic amines) is 1. The van der Waals surface area contributed by atoms with E-state index in [4.69, 9.17) is 0 Å². The van der Waals surface area contributed by atoms with Crippen molar-refractivity contribution in [3.63, 3.8) is 0 Å². The van der Waals surface area contributed by atoms with E-state index >= 15 is 0 Å². The lowest BCUT2D eigenvalue weighted by Crippen LogP contribution is -2.29. The largest absolute Gasteiger partial charge is 0.416 e. The Bertz CT molecular complexity index is 475. The number of nitrogens with zero attached hydrogens (tertiary/aromatic N) is 1. The molecule has 2 nitrogen and oxygen atoms in total. The zero-order valence-electron chi connectivity index (χ0n) is 10.4. The average Bonchev–Trinajstić information content (AvgIpc) is 2.86. The zero-order chi connectivity index (χ0) is 14.0. The lowest BCUT2D eigenvalue weighted by atomic mass is 10.1. The van der Waals surface area contributed by atoms with Crippen LogP contribution in [0.5, 0.6) is 0 Å². The number of amides is 1. The van der Waals surface area contributed by atoms with Gasteiger partial charge in [0.1, 0.15) is 0 Å². The number of carbonyl (C=O) groups is 1. The van der Waals surface area contributed by atoms with Gasteiger partial charge in [0.05, 0.1) is 5.56 Å². The van der Waals surface area contributed by atoms with Gasteiger partial charge >= 0.3 is 6.18 Å². The molecule has 1 amide bonds. The minimum absolute atomic E-state index is 0.108. The van der Waals surface area contributed by atoms with Crippen LogP contribution in [-0.2, 0) is 6.18 Å². The fourth-order valence-electron chi connectivity index (χ4n) is 2.12. The molecule has 1 fully saturated rings. The molecule has 0 unspecified atom stereocenters. The summed E-state index contributed by atoms with van der Waals surface area (Å²) in [5.74, 6) is -0.317. The van der Waals surface area contributed by atoms with Gasteiger partial charge < -0.3 is 4.90 Å². The van der Waals surface area contributed by atoms with Gasteiger partial charge in [-0.1, -0.05) is 6.07 Å². The SMILES string of the molecule is CS[C@H]1CCN(C(=O)c2cccc(C(F)(F)F)c2)C1. The second-order valence-corrected chi connectivity index (χ2v) is 5.61. The van der Waals surface area contributed by atoms with Crippen molar-refractivity contribution in [1.82, 2.24) is 4.90 Å². The van der Waals surface area contributed by atoms with E-state index in [1.165, 1.54) is 12.1 Å². The summed E-state index contributed by atoms with van der Waals surface area (Å²) in [4.78, 5) is 13.8. The van der Waals surface area contributed by atoms with Crippen LogP contribution in [-0.4, -0.2) is 35.4 Å². The molecule has 1 aliphatic rings. The van der Waals surface area contributed by atoms with Crippen LogP contribution in [0.3, 0.4) is 0 Å². The topological polar surface area (TPSA) is 20.3 Å². The summed E-state index contributed by atoms with van der Waals surface area (Å²) >= 11 is 1.68. The Morgan fingerprint density at radius 1 is 1.42 bits per heavy atom. The molecule has 1 aromatic rings. The standard InChI is InChI=1S/C13H14F3NOS/c1-19-11-5-6-17(8-11)12(18)9-3-2-4-10(7-9)13(14,15)16/h2-4,7,11H,5-6,8H2,1H3/t11-/m0/s1. The number of thioether (sulfide) groups is 1. The fourth-order valence-corrected chi connectivity index (χ4v) is 2.79. The van der Waals surface area contributed by atoms with Crippen molar-refractivity contribution in [2.24, 2.45) is 0 Å². The van der Waals surface area contributed by atoms with E-state index in [1.54, 1.807) is 16.7 Å². The second-order valence-electron chi connectivity index (χ2n) is 4.48. The third-order valence-corrected chi connectivity index (χ3v) is 4.25. The number of hydrogen-bond acceptors (Lipinski definition) is 2. The van der Waals surface area contributed by atoms with Gasteiger partial charge in [0, 0.05) is 23.9 Å². The van der Waals surface area contributed by atoms with Gasteiger partial charge in [-0.2, -0.15) is 24.9 Å². The molecule has 0 aliphatic carbocycles. The average molecular weight is 289 g/mol. The number of alkyl halides is 3. The van der Waals surface area contributed by atoms with Crippen LogP contribution in [0, 0.1) is 0 Å². The second kappa shape index (κ2) is 5.45. The van der Waals surface area contributed by atoms with Crippen LogP contribution >= 0.6 is 11.8 Å². The highest BCUT2D eigenvalue weighted by Gasteiger charge is 2.32. The summed E-state index contributed by atoms with van der Waals surface area (Å²) in [7, 11) is 0. The zero-order valence-corrected chi connectivity index (χ0v) is 11.2. The first-order valence-electron chi connectivity index (χ1n) is 5.91. The van der Waals surface area contributed by atoms with Crippen molar-refractivity contribution < 1.29 is 18.0 Å². The summed E-state index contributed by atoms with van der Waals surface area (Å²) in [6, 6.07) is 4.61. The normalized spacial score (nSPS) is 19.8. The van der Waals surface area contributed by atoms with Crippen molar-refractivity contribution in [2.75, 3.05) is 19.3 Å². The van der Waals surface area contributed by atoms with Crippen molar-refractivity contribution in [2.45, 2.75) is 17.8 Å². The Morgan fingerprint density at radius 2 is 2.16 bits per heavy atom. The molecule has 6 heteroatoms. The van der Waals surface area contributed by atoms with E-state index < -0.39 is 11.7 Å². The van der Waals surface area contributed by atoms with Crippen LogP contribution in [0.4, 0.5) is 13.2 Å². The van der Waals surface area contributed by atoms with E-state index in [9.17, 15) is 18.0 Å². The Kier molecular flexibility index (Phi) is 4.08. The molecule has 1 atom stereocenters. The molecule has 0 aromatic heterocycles. The summed E-state index contributed by atoms with van der Waals surface area (Å²) in [6.07, 6.45) is -1.54. The molecule has 1 aromatic carbocycles. The molecular weight excluding hydrogens is 275 g/mol. The molecular formula is C13H14F3NOS. The van der Waals surface area contributed by atoms with Gasteiger partial charge in [0.25, 0.3) is 5.91 Å². The first-order valence-corrected chi connectivity index (χ1v) is 7.20. The molecule has 0 bridgehead atoms. The number of hydrogen-bond donors (Lipinski definition) is 0. The Balaban J connectivity index is 2.16. The Hall–Kier alpha value is -1.17. The van der Waals surface area contributed by atoms with Crippen molar-refractivity contribution in [1.29, 1.82) is 0 Å². The van der Waals surface area contributed by atoms with Crippen LogP contribution in [0.1, 0.15) is 22.3 Å². The van der Waals surface area contributed by atoms with Gasteiger partial charge in [-0.25, -0.2) is 0 Å². The van der Waals surface area contributed by atoms with E-state index in [1.807, 2.05) is 6.26 Å². The minimum atomic E-state index is -4.41. The lowest BCUT2D eigenvalue weighted by Gasteiger charge is -2.17. The predicted octanol–water partition coefficient (Wildman–Crippen LogP) is 3.28. The fraction of sp³-hybridized carbons (Fsp3) is 0.462. The summed E-state index contributed by atoms with van der Waals surface area (Å²) in [6.45, 7) is 1.22. The van der Waals surface area contributed by atoms with Crippen LogP contribution in [0.2, 0.25) is 0 Å². The molecule has 1 heterocycles. The highest BCUT2D eigenvalue weighted by Crippen LogP contribution is 2.30. The lowest BCUT2D eigenvalue weighted by molar-refractivity contribution is -0.137. The van der Waals surface area contributed by atoms with Crippen molar-refractivity contribution in [3.05, 3.63) is 35.4 Å². The quantitative estimate of drug-likeness (QED) is 0.832. The molecule has 19 heavy (non-hydrogen) atoms. The number of carbonyl (C=O) groups excluding carboxylic acids is 1. The monoisotopic (exact) mass is 289 g/mol. The predicted molar refractivity (Wildman–Crippen MR) is 69.3 cm³/mol. The van der Waals surface area contributed by atoms with E-state index in [0.717, 1.165) is 18.6 Å². The molecule has 0 radical (unpaired) electrons. The summed E-state index contributed by atoms with van der Waals surface area (Å²) < 4.78 is 37.8. The molecule has 2 rings (SSSR count). The van der Waals surface area contributed by atoms with Crippen LogP contribution in [0.25, 0.3) is 0 Å². The molecule has 1 aliphatic heterocycles. The first kappa shape index (κ1) is 14.2. The smallest absolute Gasteiger partial charge is 0.337 e. The van der Waals surface area contributed by atoms with Crippen LogP contribution in [0.15, 0.2) is 24.3 Å². The highest BCUT2D eigenvalue weighted by molar-refractivity contribution is 7.99. The van der Waals surface area contributed by atoms with Crippen molar-refractivity contribution in [3.8, 4) is 0 Å². The third kappa shape index (κ3) is 3.23. The van der Waals surface area contributed by atoms with Gasteiger partial charge in [-0.3, -0.25) is 4.79 Å². The van der Waals surface area contributed by atoms with E-state index in [0.29, 0.717) is 18.3 Å². The van der Waals surface area contributed by atoms with Gasteiger partial charge in [-0.15, -0.1) is 0 Å². The van der Waals surface area contributed by atoms with E-state index in [-0.39, 0.29) is 11.5 Å². The first-order chi connectivity index (χ1) is 8.91. The number of benzene rings is 1. The molecule has 0 N–H and O–H groups in total. The van der Waals surface area contributed by atoms with Crippen LogP contribution < -0.4 is 0 Å². The summed E-state index contributed by atoms with van der Waals surface area (Å²) in [5, 5.41) is 0.384. The molecule has 1 saturated heterocycles. The van der Waals surface area contributed by atoms with Crippen molar-refractivity contribution >= 4 is 17.7 Å². The maximum Gasteiger partial charge on any atom is 0.416 e. The van der Waals surface area contributed by atoms with Gasteiger partial charge in [0.15, 0.2) is 0 Å². The molecule has 104 valence electrons. The van der Waals surface area contributed by atoms with Gasteiger partial charge in [-0.05, 0) is 30.9 Å². The highest BCUT2D eigenvalue weighted by atomic mass is 32.2. The third-order valence-electron chi connectivity index (χ3n) is 3.20. The number of halogens is 3. The maximum absolute atomic E-state index is 12.6. The van der Waals surface area contributed by atoms with Gasteiger partial charge in [0.2, 0.25) is 0 Å². The molecule has 0 saturated carbocycles. The minimum Gasteiger partial charge on any atom is -0.337 e. The number of rotatable bonds is 2. The Labute approximate surface area is 114 Å². The Morgan fingerprint density at radius 3 is 2.74 bits per heavy atom. The molecule has 0 spiro atoms.